The molecule has 0 atom stereocenters. The van der Waals surface area contributed by atoms with E-state index in [1.54, 1.807) is 30.6 Å². The molecule has 1 aromatic carbocycles. The first-order valence-corrected chi connectivity index (χ1v) is 7.65. The Hall–Kier alpha value is -3.48. The summed E-state index contributed by atoms with van der Waals surface area (Å²) in [5.41, 5.74) is 3.04. The molecule has 0 fully saturated rings. The standard InChI is InChI=1S/C18H14FN5O/c1-11-4-7-16(21-10-11)25-15-6-5-12(9-13(15)19)22-18-17-14(23-24-18)3-2-8-20-17/h2-10H,1H3,(H2,22,23,24). The van der Waals surface area contributed by atoms with Gasteiger partial charge in [-0.15, -0.1) is 0 Å². The fraction of sp³-hybridized carbons (Fsp3) is 0.0556. The minimum atomic E-state index is -0.500. The predicted molar refractivity (Wildman–Crippen MR) is 92.6 cm³/mol. The van der Waals surface area contributed by atoms with E-state index in [9.17, 15) is 4.39 Å². The molecule has 6 nitrogen and oxygen atoms in total. The van der Waals surface area contributed by atoms with Crippen molar-refractivity contribution < 1.29 is 9.13 Å². The molecule has 25 heavy (non-hydrogen) atoms. The first kappa shape index (κ1) is 15.1. The van der Waals surface area contributed by atoms with Gasteiger partial charge in [0.05, 0.1) is 5.52 Å². The van der Waals surface area contributed by atoms with Gasteiger partial charge in [-0.25, -0.2) is 9.37 Å². The molecule has 3 heterocycles. The molecule has 7 heteroatoms. The van der Waals surface area contributed by atoms with Gasteiger partial charge in [-0.2, -0.15) is 5.10 Å². The van der Waals surface area contributed by atoms with Gasteiger partial charge in [-0.05, 0) is 36.8 Å². The Labute approximate surface area is 142 Å². The molecular formula is C18H14FN5O. The summed E-state index contributed by atoms with van der Waals surface area (Å²) in [6, 6.07) is 11.8. The average Bonchev–Trinajstić information content (AvgIpc) is 3.02. The lowest BCUT2D eigenvalue weighted by molar-refractivity contribution is 0.427. The summed E-state index contributed by atoms with van der Waals surface area (Å²) in [5.74, 6) is 0.476. The van der Waals surface area contributed by atoms with E-state index in [0.717, 1.165) is 11.1 Å². The van der Waals surface area contributed by atoms with Crippen molar-refractivity contribution in [3.63, 3.8) is 0 Å². The highest BCUT2D eigenvalue weighted by Crippen LogP contribution is 2.28. The number of anilines is 2. The second-order valence-corrected chi connectivity index (χ2v) is 5.52. The number of aromatic amines is 1. The largest absolute Gasteiger partial charge is 0.436 e. The summed E-state index contributed by atoms with van der Waals surface area (Å²) < 4.78 is 19.8. The number of hydrogen-bond acceptors (Lipinski definition) is 5. The van der Waals surface area contributed by atoms with Gasteiger partial charge < -0.3 is 10.1 Å². The van der Waals surface area contributed by atoms with E-state index in [4.69, 9.17) is 4.74 Å². The Morgan fingerprint density at radius 2 is 2.04 bits per heavy atom. The van der Waals surface area contributed by atoms with Crippen LogP contribution in [-0.4, -0.2) is 20.2 Å². The van der Waals surface area contributed by atoms with Crippen molar-refractivity contribution in [2.75, 3.05) is 5.32 Å². The van der Waals surface area contributed by atoms with Gasteiger partial charge in [0.1, 0.15) is 5.52 Å². The molecule has 0 bridgehead atoms. The lowest BCUT2D eigenvalue weighted by Gasteiger charge is -2.08. The molecule has 0 aliphatic heterocycles. The monoisotopic (exact) mass is 335 g/mol. The lowest BCUT2D eigenvalue weighted by atomic mass is 10.2. The number of rotatable bonds is 4. The van der Waals surface area contributed by atoms with Crippen molar-refractivity contribution in [2.45, 2.75) is 6.92 Å². The van der Waals surface area contributed by atoms with Crippen LogP contribution in [0.2, 0.25) is 0 Å². The lowest BCUT2D eigenvalue weighted by Crippen LogP contribution is -1.95. The molecule has 0 unspecified atom stereocenters. The van der Waals surface area contributed by atoms with E-state index in [0.29, 0.717) is 22.9 Å². The van der Waals surface area contributed by atoms with E-state index >= 15 is 0 Å². The number of hydrogen-bond donors (Lipinski definition) is 2. The number of halogens is 1. The molecule has 0 aliphatic rings. The number of benzene rings is 1. The number of aromatic nitrogens is 4. The van der Waals surface area contributed by atoms with Gasteiger partial charge in [0.15, 0.2) is 17.4 Å². The molecule has 0 saturated carbocycles. The molecule has 124 valence electrons. The van der Waals surface area contributed by atoms with Crippen molar-refractivity contribution in [3.05, 3.63) is 66.2 Å². The number of nitrogens with zero attached hydrogens (tertiary/aromatic N) is 3. The number of ether oxygens (including phenoxy) is 1. The molecule has 0 amide bonds. The van der Waals surface area contributed by atoms with Gasteiger partial charge in [0.25, 0.3) is 0 Å². The van der Waals surface area contributed by atoms with Gasteiger partial charge >= 0.3 is 0 Å². The Kier molecular flexibility index (Phi) is 3.74. The first-order valence-electron chi connectivity index (χ1n) is 7.65. The summed E-state index contributed by atoms with van der Waals surface area (Å²) in [6.45, 7) is 1.92. The van der Waals surface area contributed by atoms with E-state index < -0.39 is 5.82 Å². The quantitative estimate of drug-likeness (QED) is 0.580. The van der Waals surface area contributed by atoms with Crippen molar-refractivity contribution in [3.8, 4) is 11.6 Å². The zero-order chi connectivity index (χ0) is 17.2. The highest BCUT2D eigenvalue weighted by Gasteiger charge is 2.10. The normalized spacial score (nSPS) is 10.8. The Bertz CT molecular complexity index is 1030. The van der Waals surface area contributed by atoms with Crippen LogP contribution in [0.5, 0.6) is 11.6 Å². The van der Waals surface area contributed by atoms with Crippen LogP contribution in [-0.2, 0) is 0 Å². The minimum Gasteiger partial charge on any atom is -0.436 e. The summed E-state index contributed by atoms with van der Waals surface area (Å²) in [4.78, 5) is 8.36. The number of pyridine rings is 2. The third kappa shape index (κ3) is 3.12. The van der Waals surface area contributed by atoms with Crippen LogP contribution in [0, 0.1) is 12.7 Å². The van der Waals surface area contributed by atoms with Gasteiger partial charge in [0.2, 0.25) is 5.88 Å². The fourth-order valence-electron chi connectivity index (χ4n) is 2.37. The maximum atomic E-state index is 14.3. The highest BCUT2D eigenvalue weighted by atomic mass is 19.1. The maximum absolute atomic E-state index is 14.3. The number of aryl methyl sites for hydroxylation is 1. The summed E-state index contributed by atoms with van der Waals surface area (Å²) in [7, 11) is 0. The second-order valence-electron chi connectivity index (χ2n) is 5.52. The van der Waals surface area contributed by atoms with Crippen LogP contribution >= 0.6 is 0 Å². The summed E-state index contributed by atoms with van der Waals surface area (Å²) in [5, 5.41) is 10.1. The van der Waals surface area contributed by atoms with Crippen molar-refractivity contribution >= 4 is 22.5 Å². The van der Waals surface area contributed by atoms with E-state index in [1.165, 1.54) is 6.07 Å². The van der Waals surface area contributed by atoms with Crippen LogP contribution in [0.25, 0.3) is 11.0 Å². The van der Waals surface area contributed by atoms with E-state index in [-0.39, 0.29) is 5.75 Å². The van der Waals surface area contributed by atoms with Gasteiger partial charge in [-0.1, -0.05) is 6.07 Å². The van der Waals surface area contributed by atoms with Gasteiger partial charge in [-0.3, -0.25) is 10.1 Å². The van der Waals surface area contributed by atoms with E-state index in [1.807, 2.05) is 25.1 Å². The van der Waals surface area contributed by atoms with E-state index in [2.05, 4.69) is 25.5 Å². The molecule has 0 radical (unpaired) electrons. The molecule has 0 saturated heterocycles. The Morgan fingerprint density at radius 3 is 2.84 bits per heavy atom. The number of H-pyrrole nitrogens is 1. The van der Waals surface area contributed by atoms with Gasteiger partial charge in [0, 0.05) is 30.2 Å². The minimum absolute atomic E-state index is 0.104. The molecular weight excluding hydrogens is 321 g/mol. The summed E-state index contributed by atoms with van der Waals surface area (Å²) >= 11 is 0. The van der Waals surface area contributed by atoms with Crippen molar-refractivity contribution in [2.24, 2.45) is 0 Å². The zero-order valence-corrected chi connectivity index (χ0v) is 13.3. The molecule has 3 aromatic heterocycles. The van der Waals surface area contributed by atoms with Crippen LogP contribution < -0.4 is 10.1 Å². The smallest absolute Gasteiger partial charge is 0.219 e. The second kappa shape index (κ2) is 6.20. The third-order valence-corrected chi connectivity index (χ3v) is 3.61. The molecule has 4 rings (SSSR count). The number of fused-ring (bicyclic) bond motifs is 1. The van der Waals surface area contributed by atoms with Crippen LogP contribution in [0.4, 0.5) is 15.9 Å². The molecule has 0 spiro atoms. The average molecular weight is 335 g/mol. The van der Waals surface area contributed by atoms with Crippen LogP contribution in [0.15, 0.2) is 54.9 Å². The first-order chi connectivity index (χ1) is 12.2. The Balaban J connectivity index is 1.56. The Morgan fingerprint density at radius 1 is 1.12 bits per heavy atom. The topological polar surface area (TPSA) is 75.7 Å². The zero-order valence-electron chi connectivity index (χ0n) is 13.3. The number of nitrogens with one attached hydrogen (secondary N) is 2. The molecule has 2 N–H and O–H groups in total. The SMILES string of the molecule is Cc1ccc(Oc2ccc(Nc3n[nH]c4cccnc34)cc2F)nc1. The maximum Gasteiger partial charge on any atom is 0.219 e. The van der Waals surface area contributed by atoms with Crippen LogP contribution in [0.1, 0.15) is 5.56 Å². The third-order valence-electron chi connectivity index (χ3n) is 3.61. The van der Waals surface area contributed by atoms with Crippen LogP contribution in [0.3, 0.4) is 0 Å². The van der Waals surface area contributed by atoms with Crippen molar-refractivity contribution in [1.29, 1.82) is 0 Å². The predicted octanol–water partition coefficient (Wildman–Crippen LogP) is 4.34. The highest BCUT2D eigenvalue weighted by molar-refractivity contribution is 5.87. The summed E-state index contributed by atoms with van der Waals surface area (Å²) in [6.07, 6.45) is 3.34. The molecule has 0 aliphatic carbocycles. The fourth-order valence-corrected chi connectivity index (χ4v) is 2.37. The molecule has 4 aromatic rings. The van der Waals surface area contributed by atoms with Crippen molar-refractivity contribution in [1.82, 2.24) is 20.2 Å².